The molecule has 0 saturated carbocycles. The van der Waals surface area contributed by atoms with E-state index < -0.39 is 0 Å². The fraction of sp³-hybridized carbons (Fsp3) is 0. The Morgan fingerprint density at radius 3 is 2.59 bits per heavy atom. The molecule has 2 nitrogen and oxygen atoms in total. The fourth-order valence-electron chi connectivity index (χ4n) is 1.30. The normalized spacial score (nSPS) is 10.0. The van der Waals surface area contributed by atoms with E-state index in [1.54, 1.807) is 18.2 Å². The smallest absolute Gasteiger partial charge is 0.343 e. The van der Waals surface area contributed by atoms with Crippen LogP contribution in [0.5, 0.6) is 5.75 Å². The number of hydrogen-bond acceptors (Lipinski definition) is 2. The molecule has 0 aliphatic rings. The number of esters is 1. The summed E-state index contributed by atoms with van der Waals surface area (Å²) in [6, 6.07) is 14.6. The average Bonchev–Trinajstić information content (AvgIpc) is 2.32. The summed E-state index contributed by atoms with van der Waals surface area (Å²) in [6.07, 6.45) is 0. The number of rotatable bonds is 2. The lowest BCUT2D eigenvalue weighted by Crippen LogP contribution is -2.08. The van der Waals surface area contributed by atoms with Crippen molar-refractivity contribution in [2.45, 2.75) is 0 Å². The summed E-state index contributed by atoms with van der Waals surface area (Å²) in [4.78, 5) is 11.9. The number of para-hydroxylation sites is 1. The minimum atomic E-state index is -0.351. The first-order valence-electron chi connectivity index (χ1n) is 4.89. The maximum absolute atomic E-state index is 11.9. The summed E-state index contributed by atoms with van der Waals surface area (Å²) in [5.41, 5.74) is 0.549. The predicted octanol–water partition coefficient (Wildman–Crippen LogP) is 4.27. The molecule has 0 fully saturated rings. The van der Waals surface area contributed by atoms with Crippen LogP contribution in [0.25, 0.3) is 0 Å². The van der Waals surface area contributed by atoms with Crippen LogP contribution in [0.1, 0.15) is 10.4 Å². The number of carbonyl (C=O) groups excluding carboxylic acids is 1. The van der Waals surface area contributed by atoms with Crippen molar-refractivity contribution in [3.63, 3.8) is 0 Å². The molecule has 0 bridgehead atoms. The van der Waals surface area contributed by atoms with E-state index in [2.05, 4.69) is 38.5 Å². The second-order valence-corrected chi connectivity index (χ2v) is 5.43. The summed E-state index contributed by atoms with van der Waals surface area (Å²) in [5, 5.41) is 0. The molecule has 0 N–H and O–H groups in total. The minimum Gasteiger partial charge on any atom is -0.422 e. The maximum Gasteiger partial charge on any atom is 0.343 e. The van der Waals surface area contributed by atoms with Crippen molar-refractivity contribution in [3.8, 4) is 5.75 Å². The van der Waals surface area contributed by atoms with E-state index in [4.69, 9.17) is 4.74 Å². The van der Waals surface area contributed by atoms with Crippen LogP contribution in [0, 0.1) is 3.57 Å². The number of ether oxygens (including phenoxy) is 1. The molecular formula is C13H8BrIO2. The van der Waals surface area contributed by atoms with Crippen LogP contribution >= 0.6 is 38.5 Å². The van der Waals surface area contributed by atoms with Gasteiger partial charge in [0.1, 0.15) is 5.75 Å². The molecule has 0 heterocycles. The Hall–Kier alpha value is -0.880. The van der Waals surface area contributed by atoms with Crippen LogP contribution < -0.4 is 4.74 Å². The highest BCUT2D eigenvalue weighted by atomic mass is 127. The lowest BCUT2D eigenvalue weighted by atomic mass is 10.2. The number of halogens is 2. The van der Waals surface area contributed by atoms with Crippen molar-refractivity contribution in [2.24, 2.45) is 0 Å². The molecule has 0 saturated heterocycles. The molecule has 0 radical (unpaired) electrons. The Morgan fingerprint density at radius 2 is 1.88 bits per heavy atom. The monoisotopic (exact) mass is 402 g/mol. The molecule has 2 aromatic rings. The van der Waals surface area contributed by atoms with Crippen molar-refractivity contribution in [2.75, 3.05) is 0 Å². The van der Waals surface area contributed by atoms with Crippen molar-refractivity contribution in [1.82, 2.24) is 0 Å². The van der Waals surface area contributed by atoms with Crippen LogP contribution in [0.4, 0.5) is 0 Å². The third-order valence-electron chi connectivity index (χ3n) is 2.10. The highest BCUT2D eigenvalue weighted by Crippen LogP contribution is 2.24. The average molecular weight is 403 g/mol. The Bertz CT molecular complexity index is 555. The topological polar surface area (TPSA) is 26.3 Å². The first-order valence-corrected chi connectivity index (χ1v) is 6.76. The second kappa shape index (κ2) is 5.64. The van der Waals surface area contributed by atoms with E-state index in [1.165, 1.54) is 0 Å². The predicted molar refractivity (Wildman–Crippen MR) is 78.3 cm³/mol. The molecule has 0 atom stereocenters. The fourth-order valence-corrected chi connectivity index (χ4v) is 2.21. The summed E-state index contributed by atoms with van der Waals surface area (Å²) in [7, 11) is 0. The zero-order chi connectivity index (χ0) is 12.3. The Kier molecular flexibility index (Phi) is 4.17. The molecule has 86 valence electrons. The van der Waals surface area contributed by atoms with Crippen LogP contribution in [0.15, 0.2) is 53.0 Å². The van der Waals surface area contributed by atoms with Gasteiger partial charge < -0.3 is 4.74 Å². The quantitative estimate of drug-likeness (QED) is 0.426. The first-order chi connectivity index (χ1) is 8.16. The van der Waals surface area contributed by atoms with Crippen molar-refractivity contribution in [3.05, 3.63) is 62.1 Å². The summed E-state index contributed by atoms with van der Waals surface area (Å²) >= 11 is 5.49. The molecule has 2 rings (SSSR count). The molecule has 2 aromatic carbocycles. The Morgan fingerprint density at radius 1 is 1.12 bits per heavy atom. The molecular weight excluding hydrogens is 395 g/mol. The second-order valence-electron chi connectivity index (χ2n) is 3.33. The van der Waals surface area contributed by atoms with Gasteiger partial charge in [-0.2, -0.15) is 0 Å². The third kappa shape index (κ3) is 3.29. The van der Waals surface area contributed by atoms with Gasteiger partial charge in [-0.25, -0.2) is 4.79 Å². The number of hydrogen-bond donors (Lipinski definition) is 0. The maximum atomic E-state index is 11.9. The van der Waals surface area contributed by atoms with Gasteiger partial charge >= 0.3 is 5.97 Å². The molecule has 0 aromatic heterocycles. The lowest BCUT2D eigenvalue weighted by molar-refractivity contribution is 0.0733. The van der Waals surface area contributed by atoms with Gasteiger partial charge in [-0.15, -0.1) is 0 Å². The van der Waals surface area contributed by atoms with Gasteiger partial charge in [0, 0.05) is 3.57 Å². The van der Waals surface area contributed by atoms with Gasteiger partial charge in [-0.1, -0.05) is 18.2 Å². The van der Waals surface area contributed by atoms with E-state index in [0.717, 1.165) is 8.04 Å². The molecule has 0 amide bonds. The van der Waals surface area contributed by atoms with E-state index in [9.17, 15) is 4.79 Å². The first kappa shape index (κ1) is 12.6. The Labute approximate surface area is 121 Å². The van der Waals surface area contributed by atoms with Gasteiger partial charge in [0.2, 0.25) is 0 Å². The lowest BCUT2D eigenvalue weighted by Gasteiger charge is -2.06. The van der Waals surface area contributed by atoms with Gasteiger partial charge in [0.05, 0.1) is 10.0 Å². The third-order valence-corrected chi connectivity index (χ3v) is 3.43. The van der Waals surface area contributed by atoms with Gasteiger partial charge in [0.15, 0.2) is 0 Å². The zero-order valence-corrected chi connectivity index (χ0v) is 12.4. The summed E-state index contributed by atoms with van der Waals surface area (Å²) < 4.78 is 7.06. The van der Waals surface area contributed by atoms with Gasteiger partial charge in [-0.05, 0) is 68.9 Å². The zero-order valence-electron chi connectivity index (χ0n) is 8.69. The number of carbonyl (C=O) groups is 1. The van der Waals surface area contributed by atoms with Crippen LogP contribution in [0.3, 0.4) is 0 Å². The Balaban J connectivity index is 2.20. The molecule has 0 spiro atoms. The molecule has 17 heavy (non-hydrogen) atoms. The summed E-state index contributed by atoms with van der Waals surface area (Å²) in [6.45, 7) is 0. The van der Waals surface area contributed by atoms with Crippen molar-refractivity contribution < 1.29 is 9.53 Å². The highest BCUT2D eigenvalue weighted by Gasteiger charge is 2.10. The minimum absolute atomic E-state index is 0.351. The molecule has 0 aliphatic heterocycles. The SMILES string of the molecule is O=C(Oc1ccccc1Br)c1cccc(I)c1. The van der Waals surface area contributed by atoms with E-state index in [-0.39, 0.29) is 5.97 Å². The van der Waals surface area contributed by atoms with Gasteiger partial charge in [0.25, 0.3) is 0 Å². The standard InChI is InChI=1S/C13H8BrIO2/c14-11-6-1-2-7-12(11)17-13(16)9-4-3-5-10(15)8-9/h1-8H. The van der Waals surface area contributed by atoms with Crippen molar-refractivity contribution >= 4 is 44.5 Å². The molecule has 0 aliphatic carbocycles. The van der Waals surface area contributed by atoms with E-state index >= 15 is 0 Å². The number of benzene rings is 2. The summed E-state index contributed by atoms with van der Waals surface area (Å²) in [5.74, 6) is 0.173. The molecule has 0 unspecified atom stereocenters. The van der Waals surface area contributed by atoms with E-state index in [0.29, 0.717) is 11.3 Å². The largest absolute Gasteiger partial charge is 0.422 e. The van der Waals surface area contributed by atoms with Crippen LogP contribution in [-0.2, 0) is 0 Å². The van der Waals surface area contributed by atoms with E-state index in [1.807, 2.05) is 30.3 Å². The van der Waals surface area contributed by atoms with Gasteiger partial charge in [-0.3, -0.25) is 0 Å². The molecule has 4 heteroatoms. The van der Waals surface area contributed by atoms with Crippen LogP contribution in [-0.4, -0.2) is 5.97 Å². The highest BCUT2D eigenvalue weighted by molar-refractivity contribution is 14.1. The van der Waals surface area contributed by atoms with Crippen molar-refractivity contribution in [1.29, 1.82) is 0 Å². The van der Waals surface area contributed by atoms with Crippen LogP contribution in [0.2, 0.25) is 0 Å².